The summed E-state index contributed by atoms with van der Waals surface area (Å²) in [6.07, 6.45) is 2.32. The number of aromatic nitrogens is 1. The van der Waals surface area contributed by atoms with Crippen LogP contribution in [0.2, 0.25) is 10.0 Å². The molecular weight excluding hydrogens is 387 g/mol. The molecule has 0 saturated heterocycles. The molecule has 3 aromatic rings. The number of benzene rings is 2. The molecule has 0 aliphatic heterocycles. The quantitative estimate of drug-likeness (QED) is 0.607. The average Bonchev–Trinajstić information content (AvgIpc) is 3.15. The summed E-state index contributed by atoms with van der Waals surface area (Å²) in [7, 11) is 1.61. The second kappa shape index (κ2) is 8.93. The zero-order chi connectivity index (χ0) is 19.2. The summed E-state index contributed by atoms with van der Waals surface area (Å²) in [6, 6.07) is 12.7. The Bertz CT molecular complexity index is 940. The van der Waals surface area contributed by atoms with Crippen LogP contribution >= 0.6 is 23.2 Å². The first-order valence-corrected chi connectivity index (χ1v) is 9.10. The molecule has 0 saturated carbocycles. The fourth-order valence-corrected chi connectivity index (χ4v) is 2.98. The molecule has 0 atom stereocenters. The third kappa shape index (κ3) is 5.25. The van der Waals surface area contributed by atoms with Gasteiger partial charge in [0.2, 0.25) is 5.91 Å². The van der Waals surface area contributed by atoms with Crippen LogP contribution in [0, 0.1) is 0 Å². The van der Waals surface area contributed by atoms with E-state index in [9.17, 15) is 4.79 Å². The van der Waals surface area contributed by atoms with Crippen LogP contribution in [-0.2, 0) is 17.8 Å². The molecule has 1 heterocycles. The minimum absolute atomic E-state index is 0.109. The Morgan fingerprint density at radius 1 is 1.22 bits per heavy atom. The van der Waals surface area contributed by atoms with Crippen LogP contribution in [0.4, 0.5) is 0 Å². The lowest BCUT2D eigenvalue weighted by Gasteiger charge is -2.07. The topological polar surface area (TPSA) is 64.4 Å². The van der Waals surface area contributed by atoms with Gasteiger partial charge in [-0.2, -0.15) is 0 Å². The number of amides is 1. The van der Waals surface area contributed by atoms with Crippen molar-refractivity contribution in [3.8, 4) is 17.1 Å². The molecule has 0 fully saturated rings. The van der Waals surface area contributed by atoms with Gasteiger partial charge >= 0.3 is 0 Å². The average molecular weight is 405 g/mol. The van der Waals surface area contributed by atoms with Gasteiger partial charge in [0.15, 0.2) is 11.7 Å². The fourth-order valence-electron chi connectivity index (χ4n) is 2.50. The molecule has 2 aromatic carbocycles. The van der Waals surface area contributed by atoms with E-state index >= 15 is 0 Å². The number of aryl methyl sites for hydroxylation is 1. The van der Waals surface area contributed by atoms with E-state index in [0.29, 0.717) is 34.7 Å². The van der Waals surface area contributed by atoms with Gasteiger partial charge in [-0.1, -0.05) is 41.4 Å². The molecule has 3 rings (SSSR count). The third-order valence-electron chi connectivity index (χ3n) is 3.96. The molecule has 0 unspecified atom stereocenters. The van der Waals surface area contributed by atoms with E-state index in [2.05, 4.69) is 10.3 Å². The number of hydrogen-bond acceptors (Lipinski definition) is 4. The van der Waals surface area contributed by atoms with Crippen molar-refractivity contribution >= 4 is 29.1 Å². The van der Waals surface area contributed by atoms with E-state index in [4.69, 9.17) is 32.4 Å². The number of methoxy groups -OCH3 is 1. The molecule has 0 radical (unpaired) electrons. The monoisotopic (exact) mass is 404 g/mol. The van der Waals surface area contributed by atoms with Gasteiger partial charge in [0.1, 0.15) is 5.75 Å². The highest BCUT2D eigenvalue weighted by atomic mass is 35.5. The van der Waals surface area contributed by atoms with Gasteiger partial charge in [-0.15, -0.1) is 0 Å². The van der Waals surface area contributed by atoms with E-state index in [1.165, 1.54) is 0 Å². The van der Waals surface area contributed by atoms with Gasteiger partial charge in [0.05, 0.1) is 13.3 Å². The lowest BCUT2D eigenvalue weighted by atomic mass is 10.2. The lowest BCUT2D eigenvalue weighted by Crippen LogP contribution is -2.23. The Morgan fingerprint density at radius 2 is 2.07 bits per heavy atom. The SMILES string of the molecule is COc1cccc(-c2cnc(CCC(=O)NCc3ccc(Cl)cc3Cl)o2)c1. The molecule has 140 valence electrons. The summed E-state index contributed by atoms with van der Waals surface area (Å²) in [5, 5.41) is 3.92. The molecular formula is C20H18Cl2N2O3. The fraction of sp³-hybridized carbons (Fsp3) is 0.200. The number of oxazole rings is 1. The van der Waals surface area contributed by atoms with E-state index in [0.717, 1.165) is 16.9 Å². The van der Waals surface area contributed by atoms with E-state index in [1.807, 2.05) is 24.3 Å². The maximum atomic E-state index is 12.1. The van der Waals surface area contributed by atoms with Crippen LogP contribution in [0.5, 0.6) is 5.75 Å². The standard InChI is InChI=1S/C20H18Cl2N2O3/c1-26-16-4-2-3-13(9-16)18-12-24-20(27-18)8-7-19(25)23-11-14-5-6-15(21)10-17(14)22/h2-6,9-10,12H,7-8,11H2,1H3,(H,23,25). The highest BCUT2D eigenvalue weighted by Crippen LogP contribution is 2.25. The van der Waals surface area contributed by atoms with Crippen molar-refractivity contribution in [3.63, 3.8) is 0 Å². The Labute approximate surface area is 167 Å². The smallest absolute Gasteiger partial charge is 0.220 e. The van der Waals surface area contributed by atoms with Gasteiger partial charge in [-0.05, 0) is 29.8 Å². The van der Waals surface area contributed by atoms with Crippen molar-refractivity contribution < 1.29 is 13.9 Å². The molecule has 1 aromatic heterocycles. The molecule has 1 amide bonds. The van der Waals surface area contributed by atoms with Crippen LogP contribution in [-0.4, -0.2) is 18.0 Å². The summed E-state index contributed by atoms with van der Waals surface area (Å²) in [6.45, 7) is 0.343. The van der Waals surface area contributed by atoms with Crippen LogP contribution < -0.4 is 10.1 Å². The Hall–Kier alpha value is -2.50. The molecule has 7 heteroatoms. The first-order valence-electron chi connectivity index (χ1n) is 8.35. The molecule has 27 heavy (non-hydrogen) atoms. The molecule has 5 nitrogen and oxygen atoms in total. The third-order valence-corrected chi connectivity index (χ3v) is 4.55. The zero-order valence-corrected chi connectivity index (χ0v) is 16.2. The van der Waals surface area contributed by atoms with E-state index < -0.39 is 0 Å². The van der Waals surface area contributed by atoms with Crippen molar-refractivity contribution in [1.82, 2.24) is 10.3 Å². The Morgan fingerprint density at radius 3 is 2.85 bits per heavy atom. The van der Waals surface area contributed by atoms with Crippen molar-refractivity contribution in [2.24, 2.45) is 0 Å². The molecule has 0 aliphatic rings. The second-order valence-corrected chi connectivity index (χ2v) is 6.71. The number of carbonyl (C=O) groups excluding carboxylic acids is 1. The van der Waals surface area contributed by atoms with Crippen molar-refractivity contribution in [3.05, 3.63) is 70.2 Å². The van der Waals surface area contributed by atoms with Crippen LogP contribution in [0.25, 0.3) is 11.3 Å². The van der Waals surface area contributed by atoms with Gasteiger partial charge in [0.25, 0.3) is 0 Å². The summed E-state index contributed by atoms with van der Waals surface area (Å²) >= 11 is 12.0. The van der Waals surface area contributed by atoms with Gasteiger partial charge in [-0.3, -0.25) is 4.79 Å². The molecule has 0 bridgehead atoms. The maximum absolute atomic E-state index is 12.1. The predicted octanol–water partition coefficient (Wildman–Crippen LogP) is 4.91. The summed E-state index contributed by atoms with van der Waals surface area (Å²) < 4.78 is 10.9. The number of nitrogens with zero attached hydrogens (tertiary/aromatic N) is 1. The highest BCUT2D eigenvalue weighted by molar-refractivity contribution is 6.35. The zero-order valence-electron chi connectivity index (χ0n) is 14.7. The minimum Gasteiger partial charge on any atom is -0.497 e. The first-order chi connectivity index (χ1) is 13.0. The maximum Gasteiger partial charge on any atom is 0.220 e. The van der Waals surface area contributed by atoms with Crippen LogP contribution in [0.1, 0.15) is 17.9 Å². The van der Waals surface area contributed by atoms with Gasteiger partial charge in [0, 0.05) is 35.0 Å². The minimum atomic E-state index is -0.109. The number of nitrogens with one attached hydrogen (secondary N) is 1. The van der Waals surface area contributed by atoms with Crippen LogP contribution in [0.3, 0.4) is 0 Å². The van der Waals surface area contributed by atoms with Gasteiger partial charge < -0.3 is 14.5 Å². The Balaban J connectivity index is 1.52. The number of hydrogen-bond donors (Lipinski definition) is 1. The van der Waals surface area contributed by atoms with Crippen molar-refractivity contribution in [2.75, 3.05) is 7.11 Å². The molecule has 0 aliphatic carbocycles. The van der Waals surface area contributed by atoms with Crippen LogP contribution in [0.15, 0.2) is 53.1 Å². The highest BCUT2D eigenvalue weighted by Gasteiger charge is 2.10. The summed E-state index contributed by atoms with van der Waals surface area (Å²) in [4.78, 5) is 16.3. The van der Waals surface area contributed by atoms with Gasteiger partial charge in [-0.25, -0.2) is 4.98 Å². The Kier molecular flexibility index (Phi) is 6.37. The van der Waals surface area contributed by atoms with Crippen molar-refractivity contribution in [1.29, 1.82) is 0 Å². The van der Waals surface area contributed by atoms with E-state index in [1.54, 1.807) is 31.5 Å². The number of rotatable bonds is 7. The summed E-state index contributed by atoms with van der Waals surface area (Å²) in [5.74, 6) is 1.78. The predicted molar refractivity (Wildman–Crippen MR) is 105 cm³/mol. The largest absolute Gasteiger partial charge is 0.497 e. The second-order valence-electron chi connectivity index (χ2n) is 5.86. The number of halogens is 2. The van der Waals surface area contributed by atoms with E-state index in [-0.39, 0.29) is 12.3 Å². The van der Waals surface area contributed by atoms with Crippen molar-refractivity contribution in [2.45, 2.75) is 19.4 Å². The first kappa shape index (κ1) is 19.3. The molecule has 1 N–H and O–H groups in total. The summed E-state index contributed by atoms with van der Waals surface area (Å²) in [5.41, 5.74) is 1.68. The molecule has 0 spiro atoms. The number of carbonyl (C=O) groups is 1. The normalized spacial score (nSPS) is 10.6. The number of ether oxygens (including phenoxy) is 1. The lowest BCUT2D eigenvalue weighted by molar-refractivity contribution is -0.121.